The third-order valence-electron chi connectivity index (χ3n) is 2.56. The SMILES string of the molecule is CCOC(=O)c1cn2c(n1)CN(C(=O)O)CC2. The minimum atomic E-state index is -0.975. The van der Waals surface area contributed by atoms with E-state index in [2.05, 4.69) is 4.98 Å². The van der Waals surface area contributed by atoms with Crippen molar-refractivity contribution in [2.24, 2.45) is 0 Å². The third-order valence-corrected chi connectivity index (χ3v) is 2.56. The zero-order chi connectivity index (χ0) is 12.4. The van der Waals surface area contributed by atoms with Gasteiger partial charge in [-0.2, -0.15) is 0 Å². The van der Waals surface area contributed by atoms with Crippen molar-refractivity contribution in [2.75, 3.05) is 13.2 Å². The van der Waals surface area contributed by atoms with Crippen LogP contribution in [0.3, 0.4) is 0 Å². The van der Waals surface area contributed by atoms with Gasteiger partial charge in [-0.3, -0.25) is 4.90 Å². The van der Waals surface area contributed by atoms with Gasteiger partial charge in [0.05, 0.1) is 13.2 Å². The topological polar surface area (TPSA) is 84.7 Å². The lowest BCUT2D eigenvalue weighted by atomic mass is 10.4. The molecule has 17 heavy (non-hydrogen) atoms. The first-order valence-electron chi connectivity index (χ1n) is 5.33. The predicted octanol–water partition coefficient (Wildman–Crippen LogP) is 0.553. The van der Waals surface area contributed by atoms with Gasteiger partial charge in [0.2, 0.25) is 0 Å². The Labute approximate surface area is 97.6 Å². The maximum atomic E-state index is 11.4. The van der Waals surface area contributed by atoms with Gasteiger partial charge in [-0.05, 0) is 6.92 Å². The van der Waals surface area contributed by atoms with Crippen LogP contribution in [-0.4, -0.2) is 44.8 Å². The van der Waals surface area contributed by atoms with Gasteiger partial charge in [0.1, 0.15) is 5.82 Å². The van der Waals surface area contributed by atoms with Gasteiger partial charge in [0.25, 0.3) is 0 Å². The highest BCUT2D eigenvalue weighted by Gasteiger charge is 2.23. The van der Waals surface area contributed by atoms with Crippen LogP contribution in [0.25, 0.3) is 0 Å². The number of imidazole rings is 1. The van der Waals surface area contributed by atoms with E-state index in [0.29, 0.717) is 25.5 Å². The van der Waals surface area contributed by atoms with E-state index >= 15 is 0 Å². The zero-order valence-corrected chi connectivity index (χ0v) is 9.42. The molecule has 0 aromatic carbocycles. The molecule has 1 aromatic heterocycles. The lowest BCUT2D eigenvalue weighted by Crippen LogP contribution is -2.37. The van der Waals surface area contributed by atoms with E-state index in [0.717, 1.165) is 0 Å². The van der Waals surface area contributed by atoms with Crippen LogP contribution in [-0.2, 0) is 17.8 Å². The second-order valence-corrected chi connectivity index (χ2v) is 3.66. The molecule has 0 spiro atoms. The van der Waals surface area contributed by atoms with Crippen molar-refractivity contribution in [2.45, 2.75) is 20.0 Å². The maximum absolute atomic E-state index is 11.4. The molecule has 2 heterocycles. The van der Waals surface area contributed by atoms with Gasteiger partial charge in [-0.25, -0.2) is 14.6 Å². The fourth-order valence-corrected chi connectivity index (χ4v) is 1.72. The first-order valence-corrected chi connectivity index (χ1v) is 5.33. The van der Waals surface area contributed by atoms with Gasteiger partial charge in [0.15, 0.2) is 5.69 Å². The number of ether oxygens (including phenoxy) is 1. The molecule has 7 nitrogen and oxygen atoms in total. The first kappa shape index (κ1) is 11.4. The second-order valence-electron chi connectivity index (χ2n) is 3.66. The minimum absolute atomic E-state index is 0.203. The summed E-state index contributed by atoms with van der Waals surface area (Å²) in [4.78, 5) is 27.6. The summed E-state index contributed by atoms with van der Waals surface area (Å²) in [5.74, 6) is 0.0954. The number of aromatic nitrogens is 2. The standard InChI is InChI=1S/C10H13N3O4/c1-2-17-9(14)7-5-12-3-4-13(10(15)16)6-8(12)11-7/h5H,2-4,6H2,1H3,(H,15,16). The number of rotatable bonds is 2. The van der Waals surface area contributed by atoms with Gasteiger partial charge in [-0.15, -0.1) is 0 Å². The summed E-state index contributed by atoms with van der Waals surface area (Å²) in [7, 11) is 0. The lowest BCUT2D eigenvalue weighted by molar-refractivity contribution is 0.0520. The highest BCUT2D eigenvalue weighted by molar-refractivity contribution is 5.87. The van der Waals surface area contributed by atoms with E-state index in [1.54, 1.807) is 17.7 Å². The summed E-state index contributed by atoms with van der Waals surface area (Å²) in [6, 6.07) is 0. The van der Waals surface area contributed by atoms with Crippen molar-refractivity contribution in [3.8, 4) is 0 Å². The molecule has 0 bridgehead atoms. The summed E-state index contributed by atoms with van der Waals surface area (Å²) < 4.78 is 6.62. The Hall–Kier alpha value is -2.05. The molecule has 1 amide bonds. The number of carboxylic acid groups (broad SMARTS) is 1. The largest absolute Gasteiger partial charge is 0.465 e. The van der Waals surface area contributed by atoms with Crippen molar-refractivity contribution in [1.82, 2.24) is 14.5 Å². The van der Waals surface area contributed by atoms with Crippen LogP contribution in [0.4, 0.5) is 4.79 Å². The molecule has 0 unspecified atom stereocenters. The predicted molar refractivity (Wildman–Crippen MR) is 56.6 cm³/mol. The monoisotopic (exact) mass is 239 g/mol. The maximum Gasteiger partial charge on any atom is 0.407 e. The van der Waals surface area contributed by atoms with Crippen molar-refractivity contribution in [1.29, 1.82) is 0 Å². The summed E-state index contributed by atoms with van der Waals surface area (Å²) in [5, 5.41) is 8.86. The van der Waals surface area contributed by atoms with Crippen molar-refractivity contribution >= 4 is 12.1 Å². The molecule has 2 rings (SSSR count). The summed E-state index contributed by atoms with van der Waals surface area (Å²) >= 11 is 0. The van der Waals surface area contributed by atoms with E-state index in [-0.39, 0.29) is 12.2 Å². The van der Waals surface area contributed by atoms with Crippen LogP contribution in [0.5, 0.6) is 0 Å². The average Bonchev–Trinajstić information content (AvgIpc) is 2.71. The number of amides is 1. The van der Waals surface area contributed by atoms with Gasteiger partial charge < -0.3 is 14.4 Å². The Morgan fingerprint density at radius 3 is 2.94 bits per heavy atom. The number of fused-ring (bicyclic) bond motifs is 1. The smallest absolute Gasteiger partial charge is 0.407 e. The van der Waals surface area contributed by atoms with E-state index in [1.165, 1.54) is 4.90 Å². The van der Waals surface area contributed by atoms with Crippen LogP contribution in [0.15, 0.2) is 6.20 Å². The van der Waals surface area contributed by atoms with E-state index in [1.807, 2.05) is 0 Å². The molecule has 1 aliphatic heterocycles. The van der Waals surface area contributed by atoms with Gasteiger partial charge >= 0.3 is 12.1 Å². The Kier molecular flexibility index (Phi) is 2.99. The quantitative estimate of drug-likeness (QED) is 0.762. The lowest BCUT2D eigenvalue weighted by Gasteiger charge is -2.24. The molecule has 0 radical (unpaired) electrons. The summed E-state index contributed by atoms with van der Waals surface area (Å²) in [6.07, 6.45) is 0.629. The number of carbonyl (C=O) groups excluding carboxylic acids is 1. The highest BCUT2D eigenvalue weighted by Crippen LogP contribution is 2.13. The minimum Gasteiger partial charge on any atom is -0.465 e. The van der Waals surface area contributed by atoms with Gasteiger partial charge in [0, 0.05) is 19.3 Å². The molecule has 92 valence electrons. The molecular formula is C10H13N3O4. The van der Waals surface area contributed by atoms with Crippen LogP contribution in [0.2, 0.25) is 0 Å². The Morgan fingerprint density at radius 2 is 2.29 bits per heavy atom. The Balaban J connectivity index is 2.17. The molecular weight excluding hydrogens is 226 g/mol. The molecule has 1 aromatic rings. The van der Waals surface area contributed by atoms with Crippen molar-refractivity contribution in [3.05, 3.63) is 17.7 Å². The fourth-order valence-electron chi connectivity index (χ4n) is 1.72. The van der Waals surface area contributed by atoms with Crippen LogP contribution in [0.1, 0.15) is 23.2 Å². The van der Waals surface area contributed by atoms with Crippen LogP contribution in [0, 0.1) is 0 Å². The Morgan fingerprint density at radius 1 is 1.53 bits per heavy atom. The van der Waals surface area contributed by atoms with E-state index in [4.69, 9.17) is 9.84 Å². The van der Waals surface area contributed by atoms with Crippen LogP contribution >= 0.6 is 0 Å². The second kappa shape index (κ2) is 4.44. The molecule has 0 saturated heterocycles. The normalized spacial score (nSPS) is 14.3. The number of nitrogens with zero attached hydrogens (tertiary/aromatic N) is 3. The average molecular weight is 239 g/mol. The van der Waals surface area contributed by atoms with Crippen molar-refractivity contribution in [3.63, 3.8) is 0 Å². The summed E-state index contributed by atoms with van der Waals surface area (Å²) in [5.41, 5.74) is 0.231. The molecule has 1 N–H and O–H groups in total. The number of hydrogen-bond acceptors (Lipinski definition) is 4. The number of esters is 1. The Bertz CT molecular complexity index is 454. The number of hydrogen-bond donors (Lipinski definition) is 1. The fraction of sp³-hybridized carbons (Fsp3) is 0.500. The van der Waals surface area contributed by atoms with E-state index in [9.17, 15) is 9.59 Å². The van der Waals surface area contributed by atoms with Crippen molar-refractivity contribution < 1.29 is 19.4 Å². The molecule has 0 saturated carbocycles. The molecule has 0 atom stereocenters. The third kappa shape index (κ3) is 2.22. The molecule has 1 aliphatic rings. The first-order chi connectivity index (χ1) is 8.11. The van der Waals surface area contributed by atoms with Crippen LogP contribution < -0.4 is 0 Å². The highest BCUT2D eigenvalue weighted by atomic mass is 16.5. The zero-order valence-electron chi connectivity index (χ0n) is 9.42. The molecule has 0 fully saturated rings. The van der Waals surface area contributed by atoms with E-state index < -0.39 is 12.1 Å². The number of carbonyl (C=O) groups is 2. The molecule has 7 heteroatoms. The molecule has 0 aliphatic carbocycles. The van der Waals surface area contributed by atoms with Gasteiger partial charge in [-0.1, -0.05) is 0 Å². The summed E-state index contributed by atoms with van der Waals surface area (Å²) in [6.45, 7) is 3.13.